The molecular formula is C16H17NO2. The zero-order chi connectivity index (χ0) is 13.7. The van der Waals surface area contributed by atoms with Crippen LogP contribution in [0.1, 0.15) is 17.5 Å². The number of amides is 1. The Morgan fingerprint density at radius 1 is 1.00 bits per heavy atom. The van der Waals surface area contributed by atoms with Crippen LogP contribution in [0.25, 0.3) is 0 Å². The molecule has 0 saturated heterocycles. The second-order valence-electron chi connectivity index (χ2n) is 4.58. The molecule has 98 valence electrons. The smallest absolute Gasteiger partial charge is 0.254 e. The van der Waals surface area contributed by atoms with E-state index >= 15 is 0 Å². The molecule has 3 heteroatoms. The van der Waals surface area contributed by atoms with Gasteiger partial charge < -0.3 is 10.8 Å². The number of carbonyl (C=O) groups is 1. The highest BCUT2D eigenvalue weighted by molar-refractivity contribution is 5.84. The highest BCUT2D eigenvalue weighted by Gasteiger charge is 2.35. The Kier molecular flexibility index (Phi) is 3.97. The topological polar surface area (TPSA) is 63.3 Å². The van der Waals surface area contributed by atoms with E-state index in [2.05, 4.69) is 0 Å². The maximum absolute atomic E-state index is 11.6. The lowest BCUT2D eigenvalue weighted by Crippen LogP contribution is -2.41. The maximum atomic E-state index is 11.6. The molecule has 19 heavy (non-hydrogen) atoms. The third-order valence-corrected chi connectivity index (χ3v) is 3.28. The van der Waals surface area contributed by atoms with Crippen molar-refractivity contribution in [2.45, 2.75) is 18.4 Å². The maximum Gasteiger partial charge on any atom is 0.254 e. The van der Waals surface area contributed by atoms with Gasteiger partial charge in [0.05, 0.1) is 0 Å². The average molecular weight is 255 g/mol. The number of hydrogen-bond donors (Lipinski definition) is 2. The van der Waals surface area contributed by atoms with Crippen molar-refractivity contribution in [3.05, 3.63) is 71.8 Å². The number of carbonyl (C=O) groups excluding carboxylic acids is 1. The predicted molar refractivity (Wildman–Crippen MR) is 74.3 cm³/mol. The minimum Gasteiger partial charge on any atom is -0.375 e. The first-order chi connectivity index (χ1) is 9.13. The lowest BCUT2D eigenvalue weighted by molar-refractivity contribution is -0.138. The molecule has 1 unspecified atom stereocenters. The van der Waals surface area contributed by atoms with Gasteiger partial charge in [0, 0.05) is 0 Å². The van der Waals surface area contributed by atoms with Crippen LogP contribution < -0.4 is 5.73 Å². The molecule has 0 saturated carbocycles. The zero-order valence-electron chi connectivity index (χ0n) is 10.6. The van der Waals surface area contributed by atoms with Crippen LogP contribution in [0.2, 0.25) is 0 Å². The van der Waals surface area contributed by atoms with Crippen LogP contribution in [0, 0.1) is 0 Å². The summed E-state index contributed by atoms with van der Waals surface area (Å²) in [5, 5.41) is 10.5. The summed E-state index contributed by atoms with van der Waals surface area (Å²) in [5.41, 5.74) is 5.37. The molecule has 2 rings (SSSR count). The number of primary amides is 1. The lowest BCUT2D eigenvalue weighted by atomic mass is 9.87. The molecule has 0 fully saturated rings. The molecule has 3 N–H and O–H groups in total. The minimum absolute atomic E-state index is 0.274. The van der Waals surface area contributed by atoms with E-state index < -0.39 is 11.5 Å². The highest BCUT2D eigenvalue weighted by atomic mass is 16.3. The van der Waals surface area contributed by atoms with E-state index in [-0.39, 0.29) is 6.42 Å². The number of aliphatic hydroxyl groups is 1. The van der Waals surface area contributed by atoms with Crippen molar-refractivity contribution in [3.63, 3.8) is 0 Å². The van der Waals surface area contributed by atoms with Gasteiger partial charge in [0.1, 0.15) is 0 Å². The quantitative estimate of drug-likeness (QED) is 0.858. The third-order valence-electron chi connectivity index (χ3n) is 3.28. The van der Waals surface area contributed by atoms with Crippen LogP contribution in [-0.4, -0.2) is 11.0 Å². The van der Waals surface area contributed by atoms with Crippen molar-refractivity contribution >= 4 is 5.91 Å². The summed E-state index contributed by atoms with van der Waals surface area (Å²) in [5.74, 6) is -0.713. The highest BCUT2D eigenvalue weighted by Crippen LogP contribution is 2.26. The second-order valence-corrected chi connectivity index (χ2v) is 4.58. The summed E-state index contributed by atoms with van der Waals surface area (Å²) in [6, 6.07) is 18.6. The first-order valence-electron chi connectivity index (χ1n) is 6.24. The molecular weight excluding hydrogens is 238 g/mol. The lowest BCUT2D eigenvalue weighted by Gasteiger charge is -2.25. The number of aryl methyl sites for hydroxylation is 1. The van der Waals surface area contributed by atoms with Crippen LogP contribution in [0.15, 0.2) is 60.7 Å². The van der Waals surface area contributed by atoms with E-state index in [9.17, 15) is 9.90 Å². The minimum atomic E-state index is -1.61. The molecule has 1 atom stereocenters. The van der Waals surface area contributed by atoms with Gasteiger partial charge in [-0.3, -0.25) is 4.79 Å². The fraction of sp³-hybridized carbons (Fsp3) is 0.188. The van der Waals surface area contributed by atoms with E-state index in [0.717, 1.165) is 5.56 Å². The van der Waals surface area contributed by atoms with Gasteiger partial charge in [-0.15, -0.1) is 0 Å². The van der Waals surface area contributed by atoms with E-state index in [4.69, 9.17) is 5.73 Å². The van der Waals surface area contributed by atoms with Crippen LogP contribution >= 0.6 is 0 Å². The molecule has 0 spiro atoms. The van der Waals surface area contributed by atoms with Crippen LogP contribution in [0.5, 0.6) is 0 Å². The normalized spacial score (nSPS) is 13.7. The number of benzene rings is 2. The van der Waals surface area contributed by atoms with E-state index in [0.29, 0.717) is 12.0 Å². The standard InChI is InChI=1S/C16H17NO2/c17-15(18)16(19,14-9-5-2-6-10-14)12-11-13-7-3-1-4-8-13/h1-10,19H,11-12H2,(H2,17,18). The largest absolute Gasteiger partial charge is 0.375 e. The van der Waals surface area contributed by atoms with E-state index in [1.165, 1.54) is 0 Å². The molecule has 1 amide bonds. The fourth-order valence-corrected chi connectivity index (χ4v) is 2.09. The first-order valence-corrected chi connectivity index (χ1v) is 6.24. The summed E-state index contributed by atoms with van der Waals surface area (Å²) in [6.07, 6.45) is 0.867. The molecule has 3 nitrogen and oxygen atoms in total. The number of hydrogen-bond acceptors (Lipinski definition) is 2. The Hall–Kier alpha value is -2.13. The second kappa shape index (κ2) is 5.67. The van der Waals surface area contributed by atoms with Gasteiger partial charge in [0.2, 0.25) is 0 Å². The van der Waals surface area contributed by atoms with Crippen LogP contribution in [0.3, 0.4) is 0 Å². The molecule has 2 aromatic rings. The number of rotatable bonds is 5. The molecule has 0 bridgehead atoms. The molecule has 0 heterocycles. The van der Waals surface area contributed by atoms with Gasteiger partial charge in [-0.1, -0.05) is 60.7 Å². The molecule has 0 aliphatic heterocycles. The van der Waals surface area contributed by atoms with Crippen molar-refractivity contribution in [2.75, 3.05) is 0 Å². The summed E-state index contributed by atoms with van der Waals surface area (Å²) in [7, 11) is 0. The van der Waals surface area contributed by atoms with E-state index in [1.807, 2.05) is 36.4 Å². The van der Waals surface area contributed by atoms with Gasteiger partial charge in [-0.05, 0) is 24.0 Å². The van der Waals surface area contributed by atoms with Crippen LogP contribution in [-0.2, 0) is 16.8 Å². The van der Waals surface area contributed by atoms with Crippen molar-refractivity contribution in [1.29, 1.82) is 0 Å². The zero-order valence-corrected chi connectivity index (χ0v) is 10.6. The Morgan fingerprint density at radius 2 is 1.53 bits per heavy atom. The van der Waals surface area contributed by atoms with Crippen LogP contribution in [0.4, 0.5) is 0 Å². The number of nitrogens with two attached hydrogens (primary N) is 1. The van der Waals surface area contributed by atoms with Gasteiger partial charge >= 0.3 is 0 Å². The van der Waals surface area contributed by atoms with E-state index in [1.54, 1.807) is 24.3 Å². The third kappa shape index (κ3) is 3.01. The molecule has 0 radical (unpaired) electrons. The molecule has 0 aromatic heterocycles. The van der Waals surface area contributed by atoms with Crippen molar-refractivity contribution in [1.82, 2.24) is 0 Å². The van der Waals surface area contributed by atoms with Crippen molar-refractivity contribution in [2.24, 2.45) is 5.73 Å². The van der Waals surface area contributed by atoms with Crippen molar-refractivity contribution < 1.29 is 9.90 Å². The Labute approximate surface area is 112 Å². The van der Waals surface area contributed by atoms with Gasteiger partial charge in [-0.2, -0.15) is 0 Å². The SMILES string of the molecule is NC(=O)C(O)(CCc1ccccc1)c1ccccc1. The predicted octanol–water partition coefficient (Wildman–Crippen LogP) is 1.99. The molecule has 2 aromatic carbocycles. The molecule has 0 aliphatic carbocycles. The van der Waals surface area contributed by atoms with Crippen molar-refractivity contribution in [3.8, 4) is 0 Å². The van der Waals surface area contributed by atoms with Gasteiger partial charge in [0.15, 0.2) is 5.60 Å². The Morgan fingerprint density at radius 3 is 2.05 bits per heavy atom. The summed E-state index contributed by atoms with van der Waals surface area (Å²) in [6.45, 7) is 0. The summed E-state index contributed by atoms with van der Waals surface area (Å²) in [4.78, 5) is 11.6. The van der Waals surface area contributed by atoms with Gasteiger partial charge in [0.25, 0.3) is 5.91 Å². The van der Waals surface area contributed by atoms with Gasteiger partial charge in [-0.25, -0.2) is 0 Å². The molecule has 0 aliphatic rings. The first kappa shape index (κ1) is 13.3. The monoisotopic (exact) mass is 255 g/mol. The summed E-state index contributed by atoms with van der Waals surface area (Å²) < 4.78 is 0. The fourth-order valence-electron chi connectivity index (χ4n) is 2.09. The summed E-state index contributed by atoms with van der Waals surface area (Å²) >= 11 is 0. The average Bonchev–Trinajstić information content (AvgIpc) is 2.46. The Balaban J connectivity index is 2.19. The Bertz CT molecular complexity index is 539.